The van der Waals surface area contributed by atoms with Gasteiger partial charge in [-0.1, -0.05) is 29.8 Å². The van der Waals surface area contributed by atoms with Crippen molar-refractivity contribution in [2.45, 2.75) is 19.8 Å². The van der Waals surface area contributed by atoms with E-state index in [2.05, 4.69) is 20.9 Å². The number of carboxylic acid groups (broad SMARTS) is 1. The van der Waals surface area contributed by atoms with Crippen molar-refractivity contribution < 1.29 is 9.90 Å². The summed E-state index contributed by atoms with van der Waals surface area (Å²) in [6.07, 6.45) is 0. The van der Waals surface area contributed by atoms with Crippen LogP contribution in [0.25, 0.3) is 10.2 Å². The van der Waals surface area contributed by atoms with E-state index in [1.165, 1.54) is 0 Å². The molecule has 5 heteroatoms. The summed E-state index contributed by atoms with van der Waals surface area (Å²) in [4.78, 5) is 15.8. The van der Waals surface area contributed by atoms with Crippen LogP contribution in [0.4, 0.5) is 0 Å². The first-order valence-corrected chi connectivity index (χ1v) is 7.31. The van der Waals surface area contributed by atoms with Crippen molar-refractivity contribution in [3.63, 3.8) is 0 Å². The molecule has 1 fully saturated rings. The van der Waals surface area contributed by atoms with Crippen LogP contribution in [0.3, 0.4) is 0 Å². The monoisotopic (exact) mass is 325 g/mol. The van der Waals surface area contributed by atoms with Crippen molar-refractivity contribution in [1.82, 2.24) is 4.98 Å². The lowest BCUT2D eigenvalue weighted by atomic mass is 10.1. The van der Waals surface area contributed by atoms with Crippen molar-refractivity contribution >= 4 is 43.5 Å². The largest absolute Gasteiger partial charge is 0.481 e. The van der Waals surface area contributed by atoms with Crippen molar-refractivity contribution in [1.29, 1.82) is 0 Å². The zero-order valence-electron chi connectivity index (χ0n) is 9.98. The lowest BCUT2D eigenvalue weighted by molar-refractivity contribution is -0.139. The summed E-state index contributed by atoms with van der Waals surface area (Å²) in [5.41, 5.74) is 0.757. The van der Waals surface area contributed by atoms with Crippen LogP contribution in [0.1, 0.15) is 24.8 Å². The number of aromatic nitrogens is 1. The van der Waals surface area contributed by atoms with E-state index in [1.807, 2.05) is 32.0 Å². The fourth-order valence-corrected chi connectivity index (χ4v) is 4.24. The van der Waals surface area contributed by atoms with E-state index in [4.69, 9.17) is 0 Å². The highest BCUT2D eigenvalue weighted by Crippen LogP contribution is 2.65. The Morgan fingerprint density at radius 3 is 2.83 bits per heavy atom. The molecule has 1 heterocycles. The van der Waals surface area contributed by atoms with Gasteiger partial charge in [0.05, 0.1) is 21.1 Å². The Morgan fingerprint density at radius 2 is 2.22 bits per heavy atom. The number of fused-ring (bicyclic) bond motifs is 1. The van der Waals surface area contributed by atoms with Gasteiger partial charge in [-0.3, -0.25) is 4.79 Å². The van der Waals surface area contributed by atoms with Gasteiger partial charge in [-0.2, -0.15) is 0 Å². The lowest BCUT2D eigenvalue weighted by Crippen LogP contribution is -2.03. The molecule has 1 aliphatic carbocycles. The second-order valence-electron chi connectivity index (χ2n) is 5.28. The highest BCUT2D eigenvalue weighted by molar-refractivity contribution is 9.10. The quantitative estimate of drug-likeness (QED) is 0.911. The molecule has 1 aromatic heterocycles. The number of halogens is 1. The van der Waals surface area contributed by atoms with Gasteiger partial charge in [0.2, 0.25) is 0 Å². The van der Waals surface area contributed by atoms with Gasteiger partial charge in [0.15, 0.2) is 0 Å². The zero-order chi connectivity index (χ0) is 13.1. The third kappa shape index (κ3) is 1.68. The van der Waals surface area contributed by atoms with Crippen LogP contribution < -0.4 is 0 Å². The number of rotatable bonds is 2. The Morgan fingerprint density at radius 1 is 1.50 bits per heavy atom. The SMILES string of the molecule is CC1(C)C(C(=O)O)C1c1nc2cc(Br)ccc2s1. The number of thiazole rings is 1. The average molecular weight is 326 g/mol. The van der Waals surface area contributed by atoms with Gasteiger partial charge in [0.25, 0.3) is 0 Å². The van der Waals surface area contributed by atoms with Crippen LogP contribution >= 0.6 is 27.3 Å². The van der Waals surface area contributed by atoms with Crippen LogP contribution in [0, 0.1) is 11.3 Å². The summed E-state index contributed by atoms with van der Waals surface area (Å²) in [5.74, 6) is -0.974. The maximum Gasteiger partial charge on any atom is 0.307 e. The van der Waals surface area contributed by atoms with Crippen molar-refractivity contribution in [2.75, 3.05) is 0 Å². The van der Waals surface area contributed by atoms with Gasteiger partial charge in [-0.15, -0.1) is 11.3 Å². The van der Waals surface area contributed by atoms with E-state index in [1.54, 1.807) is 11.3 Å². The highest BCUT2D eigenvalue weighted by atomic mass is 79.9. The molecule has 18 heavy (non-hydrogen) atoms. The molecule has 94 valence electrons. The maximum absolute atomic E-state index is 11.2. The van der Waals surface area contributed by atoms with E-state index >= 15 is 0 Å². The predicted molar refractivity (Wildman–Crippen MR) is 75.0 cm³/mol. The van der Waals surface area contributed by atoms with E-state index < -0.39 is 5.97 Å². The first-order valence-electron chi connectivity index (χ1n) is 5.70. The molecular weight excluding hydrogens is 314 g/mol. The van der Waals surface area contributed by atoms with Crippen LogP contribution in [-0.4, -0.2) is 16.1 Å². The van der Waals surface area contributed by atoms with E-state index in [9.17, 15) is 9.90 Å². The summed E-state index contributed by atoms with van der Waals surface area (Å²) in [6.45, 7) is 4.00. The molecule has 0 saturated heterocycles. The number of aliphatic carboxylic acids is 1. The summed E-state index contributed by atoms with van der Waals surface area (Å²) < 4.78 is 2.11. The minimum Gasteiger partial charge on any atom is -0.481 e. The van der Waals surface area contributed by atoms with Crippen LogP contribution in [0.5, 0.6) is 0 Å². The van der Waals surface area contributed by atoms with Gasteiger partial charge in [0, 0.05) is 10.4 Å². The molecule has 1 aromatic carbocycles. The summed E-state index contributed by atoms with van der Waals surface area (Å²) in [7, 11) is 0. The second-order valence-corrected chi connectivity index (χ2v) is 7.26. The molecule has 0 bridgehead atoms. The Kier molecular flexibility index (Phi) is 2.54. The third-order valence-electron chi connectivity index (χ3n) is 3.73. The second kappa shape index (κ2) is 3.78. The van der Waals surface area contributed by atoms with Gasteiger partial charge in [0.1, 0.15) is 0 Å². The van der Waals surface area contributed by atoms with Crippen LogP contribution in [0.15, 0.2) is 22.7 Å². The van der Waals surface area contributed by atoms with Gasteiger partial charge in [-0.05, 0) is 23.6 Å². The molecule has 2 atom stereocenters. The van der Waals surface area contributed by atoms with Gasteiger partial charge in [-0.25, -0.2) is 4.98 Å². The maximum atomic E-state index is 11.2. The molecule has 3 nitrogen and oxygen atoms in total. The van der Waals surface area contributed by atoms with Gasteiger partial charge < -0.3 is 5.11 Å². The van der Waals surface area contributed by atoms with E-state index in [-0.39, 0.29) is 17.3 Å². The Hall–Kier alpha value is -0.940. The van der Waals surface area contributed by atoms with Gasteiger partial charge >= 0.3 is 5.97 Å². The molecule has 0 amide bonds. The number of carboxylic acids is 1. The number of benzene rings is 1. The summed E-state index contributed by atoms with van der Waals surface area (Å²) >= 11 is 5.03. The van der Waals surface area contributed by atoms with Crippen molar-refractivity contribution in [3.8, 4) is 0 Å². The van der Waals surface area contributed by atoms with Crippen molar-refractivity contribution in [3.05, 3.63) is 27.7 Å². The molecule has 0 aliphatic heterocycles. The minimum absolute atomic E-state index is 0.0474. The molecule has 0 spiro atoms. The number of nitrogens with zero attached hydrogens (tertiary/aromatic N) is 1. The molecule has 0 radical (unpaired) electrons. The number of hydrogen-bond donors (Lipinski definition) is 1. The highest BCUT2D eigenvalue weighted by Gasteiger charge is 2.64. The fourth-order valence-electron chi connectivity index (χ4n) is 2.61. The minimum atomic E-state index is -0.717. The molecule has 3 rings (SSSR count). The first kappa shape index (κ1) is 12.1. The standard InChI is InChI=1S/C13H12BrNO2S/c1-13(2)9(10(13)12(16)17)11-15-7-5-6(14)3-4-8(7)18-11/h3-5,9-10H,1-2H3,(H,16,17). The number of hydrogen-bond acceptors (Lipinski definition) is 3. The molecule has 1 saturated carbocycles. The third-order valence-corrected chi connectivity index (χ3v) is 5.34. The van der Waals surface area contributed by atoms with E-state index in [0.29, 0.717) is 0 Å². The Bertz CT molecular complexity index is 649. The Labute approximate surface area is 117 Å². The normalized spacial score (nSPS) is 25.3. The number of carbonyl (C=O) groups is 1. The molecule has 1 aliphatic rings. The summed E-state index contributed by atoms with van der Waals surface area (Å²) in [5, 5.41) is 10.2. The smallest absolute Gasteiger partial charge is 0.307 e. The molecule has 2 unspecified atom stereocenters. The molecule has 2 aromatic rings. The zero-order valence-corrected chi connectivity index (χ0v) is 12.4. The van der Waals surface area contributed by atoms with Crippen LogP contribution in [-0.2, 0) is 4.79 Å². The van der Waals surface area contributed by atoms with Crippen molar-refractivity contribution in [2.24, 2.45) is 11.3 Å². The average Bonchev–Trinajstić information content (AvgIpc) is 2.66. The summed E-state index contributed by atoms with van der Waals surface area (Å²) in [6, 6.07) is 5.98. The van der Waals surface area contributed by atoms with E-state index in [0.717, 1.165) is 19.7 Å². The first-order chi connectivity index (χ1) is 8.41. The Balaban J connectivity index is 2.04. The fraction of sp³-hybridized carbons (Fsp3) is 0.385. The predicted octanol–water partition coefficient (Wildman–Crippen LogP) is 3.88. The molecular formula is C13H12BrNO2S. The van der Waals surface area contributed by atoms with Crippen LogP contribution in [0.2, 0.25) is 0 Å². The molecule has 1 N–H and O–H groups in total. The lowest BCUT2D eigenvalue weighted by Gasteiger charge is -1.97. The topological polar surface area (TPSA) is 50.2 Å².